The van der Waals surface area contributed by atoms with Crippen LogP contribution in [-0.2, 0) is 13.1 Å². The molecule has 4 heteroatoms. The predicted octanol–water partition coefficient (Wildman–Crippen LogP) is 19.8. The van der Waals surface area contributed by atoms with Crippen molar-refractivity contribution >= 4 is 140 Å². The fourth-order valence-electron chi connectivity index (χ4n) is 11.5. The highest BCUT2D eigenvalue weighted by atomic mass is 32.1. The fourth-order valence-corrected chi connectivity index (χ4v) is 14.1. The van der Waals surface area contributed by atoms with Gasteiger partial charge >= 0.3 is 0 Å². The number of aryl methyl sites for hydroxylation is 2. The molecule has 0 aliphatic heterocycles. The number of para-hydroxylation sites is 2. The molecule has 66 heavy (non-hydrogen) atoms. The Morgan fingerprint density at radius 1 is 0.364 bits per heavy atom. The molecule has 0 spiro atoms. The molecule has 0 saturated carbocycles. The maximum Gasteiger partial charge on any atom is 0.0571 e. The minimum Gasteiger partial charge on any atom is -0.340 e. The number of thiophene rings is 2. The summed E-state index contributed by atoms with van der Waals surface area (Å²) in [5.41, 5.74) is 8.04. The van der Waals surface area contributed by atoms with Gasteiger partial charge < -0.3 is 9.13 Å². The van der Waals surface area contributed by atoms with Crippen LogP contribution in [0.25, 0.3) is 118 Å². The average Bonchev–Trinajstić information content (AvgIpc) is 4.11. The van der Waals surface area contributed by atoms with Crippen molar-refractivity contribution in [2.45, 2.75) is 104 Å². The number of benzene rings is 8. The van der Waals surface area contributed by atoms with Crippen LogP contribution in [0.2, 0.25) is 0 Å². The van der Waals surface area contributed by atoms with Gasteiger partial charge in [-0.25, -0.2) is 0 Å². The number of nitrogens with zero attached hydrogens (tertiary/aromatic N) is 2. The molecule has 0 amide bonds. The minimum absolute atomic E-state index is 1.04. The Kier molecular flexibility index (Phi) is 11.1. The summed E-state index contributed by atoms with van der Waals surface area (Å²) in [6, 6.07) is 51.1. The van der Waals surface area contributed by atoms with Crippen molar-refractivity contribution in [2.24, 2.45) is 0 Å². The molecule has 0 radical (unpaired) electrons. The molecule has 0 N–H and O–H groups in total. The lowest BCUT2D eigenvalue weighted by atomic mass is 9.95. The Balaban J connectivity index is 1.10. The van der Waals surface area contributed by atoms with E-state index in [1.165, 1.54) is 194 Å². The number of rotatable bonds is 16. The standard InChI is InChI=1S/C62H58N2S2/c1-3-5-7-9-11-21-37-63-53-27-17-13-23-43(53)51-39-41(57-49(59(51)63)35-33-47-45-25-15-19-29-55(45)65-61(47)57)31-32-42-40-52-44-24-14-18-28-54(44)64(38-22-12-10-8-6-4-2)60(52)50-36-34-48-46-26-16-20-30-56(46)66-62(48)58(42)50/h13-20,23-36,39-40H,3-12,21-22,37-38H2,1-2H3/b32-31+. The van der Waals surface area contributed by atoms with Gasteiger partial charge in [0.15, 0.2) is 0 Å². The average molecular weight is 895 g/mol. The van der Waals surface area contributed by atoms with Gasteiger partial charge in [0.25, 0.3) is 0 Å². The smallest absolute Gasteiger partial charge is 0.0571 e. The van der Waals surface area contributed by atoms with Crippen LogP contribution in [0.1, 0.15) is 102 Å². The lowest BCUT2D eigenvalue weighted by Crippen LogP contribution is -1.99. The lowest BCUT2D eigenvalue weighted by Gasteiger charge is -2.13. The van der Waals surface area contributed by atoms with Gasteiger partial charge in [-0.2, -0.15) is 0 Å². The first-order chi connectivity index (χ1) is 32.7. The fraction of sp³-hybridized carbons (Fsp3) is 0.258. The van der Waals surface area contributed by atoms with Crippen LogP contribution in [0, 0.1) is 0 Å². The Morgan fingerprint density at radius 3 is 1.20 bits per heavy atom. The Bertz CT molecular complexity index is 3560. The molecule has 0 bridgehead atoms. The van der Waals surface area contributed by atoms with Crippen LogP contribution >= 0.6 is 22.7 Å². The van der Waals surface area contributed by atoms with E-state index < -0.39 is 0 Å². The van der Waals surface area contributed by atoms with Crippen LogP contribution in [0.15, 0.2) is 133 Å². The van der Waals surface area contributed by atoms with Gasteiger partial charge in [-0.05, 0) is 60.4 Å². The molecule has 0 fully saturated rings. The van der Waals surface area contributed by atoms with E-state index in [4.69, 9.17) is 0 Å². The highest BCUT2D eigenvalue weighted by Crippen LogP contribution is 2.47. The van der Waals surface area contributed by atoms with Gasteiger partial charge in [-0.3, -0.25) is 0 Å². The Hall–Kier alpha value is -5.94. The molecular weight excluding hydrogens is 837 g/mol. The lowest BCUT2D eigenvalue weighted by molar-refractivity contribution is 0.571. The van der Waals surface area contributed by atoms with E-state index in [1.807, 2.05) is 22.7 Å². The highest BCUT2D eigenvalue weighted by molar-refractivity contribution is 7.27. The molecule has 0 aliphatic rings. The maximum absolute atomic E-state index is 2.67. The summed E-state index contributed by atoms with van der Waals surface area (Å²) in [5, 5.41) is 16.3. The van der Waals surface area contributed by atoms with Crippen molar-refractivity contribution in [3.63, 3.8) is 0 Å². The monoisotopic (exact) mass is 894 g/mol. The zero-order valence-electron chi connectivity index (χ0n) is 38.5. The second kappa shape index (κ2) is 17.7. The van der Waals surface area contributed by atoms with E-state index >= 15 is 0 Å². The van der Waals surface area contributed by atoms with Crippen molar-refractivity contribution < 1.29 is 0 Å². The van der Waals surface area contributed by atoms with Gasteiger partial charge in [0.05, 0.1) is 11.0 Å². The zero-order chi connectivity index (χ0) is 44.1. The van der Waals surface area contributed by atoms with Gasteiger partial charge in [-0.1, -0.05) is 187 Å². The topological polar surface area (TPSA) is 9.86 Å². The van der Waals surface area contributed by atoms with Crippen molar-refractivity contribution in [1.29, 1.82) is 0 Å². The molecule has 0 aliphatic carbocycles. The van der Waals surface area contributed by atoms with Crippen molar-refractivity contribution in [3.05, 3.63) is 145 Å². The van der Waals surface area contributed by atoms with Gasteiger partial charge in [-0.15, -0.1) is 22.7 Å². The third kappa shape index (κ3) is 6.94. The van der Waals surface area contributed by atoms with Crippen LogP contribution in [0.4, 0.5) is 0 Å². The van der Waals surface area contributed by atoms with Crippen molar-refractivity contribution in [2.75, 3.05) is 0 Å². The summed E-state index contributed by atoms with van der Waals surface area (Å²) in [7, 11) is 0. The molecule has 328 valence electrons. The number of aromatic nitrogens is 2. The second-order valence-electron chi connectivity index (χ2n) is 18.9. The SMILES string of the molecule is CCCCCCCCn1c2ccccc2c2cc(/C=C/c3cc4c5ccccc5n(CCCCCCCC)c4c4ccc5c6ccccc6sc5c34)c3c(ccc4c5ccccc5sc43)c21. The third-order valence-corrected chi connectivity index (χ3v) is 17.1. The van der Waals surface area contributed by atoms with E-state index in [0.29, 0.717) is 0 Å². The number of hydrogen-bond donors (Lipinski definition) is 0. The predicted molar refractivity (Wildman–Crippen MR) is 295 cm³/mol. The van der Waals surface area contributed by atoms with Crippen molar-refractivity contribution in [3.8, 4) is 0 Å². The van der Waals surface area contributed by atoms with E-state index in [9.17, 15) is 0 Å². The van der Waals surface area contributed by atoms with Crippen LogP contribution in [0.3, 0.4) is 0 Å². The normalized spacial score (nSPS) is 12.6. The summed E-state index contributed by atoms with van der Waals surface area (Å²) >= 11 is 3.92. The first-order valence-electron chi connectivity index (χ1n) is 25.0. The van der Waals surface area contributed by atoms with E-state index in [2.05, 4.69) is 169 Å². The Labute approximate surface area is 395 Å². The highest BCUT2D eigenvalue weighted by Gasteiger charge is 2.21. The molecule has 4 heterocycles. The van der Waals surface area contributed by atoms with Gasteiger partial charge in [0.1, 0.15) is 0 Å². The second-order valence-corrected chi connectivity index (χ2v) is 21.0. The summed E-state index contributed by atoms with van der Waals surface area (Å²) in [5.74, 6) is 0. The van der Waals surface area contributed by atoms with Crippen LogP contribution < -0.4 is 0 Å². The molecule has 4 aromatic heterocycles. The molecule has 0 saturated heterocycles. The molecule has 0 atom stereocenters. The van der Waals surface area contributed by atoms with Gasteiger partial charge in [0.2, 0.25) is 0 Å². The third-order valence-electron chi connectivity index (χ3n) is 14.7. The Morgan fingerprint density at radius 2 is 0.742 bits per heavy atom. The summed E-state index contributed by atoms with van der Waals surface area (Å²) in [6.07, 6.45) is 20.4. The maximum atomic E-state index is 2.67. The molecule has 12 aromatic rings. The molecule has 2 nitrogen and oxygen atoms in total. The van der Waals surface area contributed by atoms with E-state index in [1.54, 1.807) is 0 Å². The van der Waals surface area contributed by atoms with E-state index in [0.717, 1.165) is 13.1 Å². The summed E-state index contributed by atoms with van der Waals surface area (Å²) in [6.45, 7) is 6.69. The van der Waals surface area contributed by atoms with Gasteiger partial charge in [0, 0.05) is 108 Å². The minimum atomic E-state index is 1.04. The van der Waals surface area contributed by atoms with Crippen LogP contribution in [-0.4, -0.2) is 9.13 Å². The first-order valence-corrected chi connectivity index (χ1v) is 26.6. The largest absolute Gasteiger partial charge is 0.340 e. The van der Waals surface area contributed by atoms with Crippen molar-refractivity contribution in [1.82, 2.24) is 9.13 Å². The first kappa shape index (κ1) is 41.5. The number of hydrogen-bond acceptors (Lipinski definition) is 2. The number of fused-ring (bicyclic) bond motifs is 18. The van der Waals surface area contributed by atoms with E-state index in [-0.39, 0.29) is 0 Å². The summed E-state index contributed by atoms with van der Waals surface area (Å²) < 4.78 is 10.8. The summed E-state index contributed by atoms with van der Waals surface area (Å²) in [4.78, 5) is 0. The number of unbranched alkanes of at least 4 members (excludes halogenated alkanes) is 10. The molecular formula is C62H58N2S2. The molecule has 12 rings (SSSR count). The molecule has 8 aromatic carbocycles. The van der Waals surface area contributed by atoms with Crippen LogP contribution in [0.5, 0.6) is 0 Å². The zero-order valence-corrected chi connectivity index (χ0v) is 40.1. The quantitative estimate of drug-likeness (QED) is 0.0676. The molecule has 0 unspecified atom stereocenters.